The molecule has 0 radical (unpaired) electrons. The van der Waals surface area contributed by atoms with Crippen LogP contribution in [0.4, 0.5) is 4.79 Å². The van der Waals surface area contributed by atoms with E-state index in [2.05, 4.69) is 17.4 Å². The molecule has 1 amide bonds. The van der Waals surface area contributed by atoms with Crippen molar-refractivity contribution in [1.82, 2.24) is 5.32 Å². The van der Waals surface area contributed by atoms with Crippen LogP contribution in [-0.2, 0) is 11.3 Å². The van der Waals surface area contributed by atoms with Crippen LogP contribution in [0, 0.1) is 5.92 Å². The van der Waals surface area contributed by atoms with Crippen molar-refractivity contribution in [3.8, 4) is 0 Å². The van der Waals surface area contributed by atoms with Gasteiger partial charge in [0.15, 0.2) is 0 Å². The van der Waals surface area contributed by atoms with E-state index < -0.39 is 6.09 Å². The first kappa shape index (κ1) is 16.8. The van der Waals surface area contributed by atoms with Gasteiger partial charge < -0.3 is 15.8 Å². The van der Waals surface area contributed by atoms with Crippen molar-refractivity contribution in [2.75, 3.05) is 0 Å². The fourth-order valence-electron chi connectivity index (χ4n) is 3.33. The number of hydrogen-bond donors (Lipinski definition) is 2. The van der Waals surface area contributed by atoms with E-state index in [4.69, 9.17) is 10.5 Å². The Labute approximate surface area is 133 Å². The van der Waals surface area contributed by atoms with Crippen LogP contribution in [0.15, 0.2) is 30.3 Å². The van der Waals surface area contributed by atoms with Crippen molar-refractivity contribution >= 4 is 6.09 Å². The van der Waals surface area contributed by atoms with Crippen LogP contribution in [0.5, 0.6) is 0 Å². The highest BCUT2D eigenvalue weighted by Gasteiger charge is 2.24. The Bertz CT molecular complexity index is 444. The number of carbonyl (C=O) groups is 1. The maximum atomic E-state index is 11.1. The van der Waals surface area contributed by atoms with Gasteiger partial charge in [-0.1, -0.05) is 62.4 Å². The van der Waals surface area contributed by atoms with Crippen LogP contribution in [0.3, 0.4) is 0 Å². The summed E-state index contributed by atoms with van der Waals surface area (Å²) < 4.78 is 5.22. The zero-order chi connectivity index (χ0) is 15.8. The van der Waals surface area contributed by atoms with E-state index in [0.717, 1.165) is 18.9 Å². The highest BCUT2D eigenvalue weighted by Crippen LogP contribution is 2.28. The summed E-state index contributed by atoms with van der Waals surface area (Å²) in [4.78, 5) is 11.1. The number of benzene rings is 1. The summed E-state index contributed by atoms with van der Waals surface area (Å²) in [6.07, 6.45) is 6.71. The average Bonchev–Trinajstić information content (AvgIpc) is 2.52. The summed E-state index contributed by atoms with van der Waals surface area (Å²) in [6, 6.07) is 10.4. The number of ether oxygens (including phenoxy) is 1. The molecule has 2 rings (SSSR count). The molecule has 1 aromatic rings. The van der Waals surface area contributed by atoms with E-state index in [1.54, 1.807) is 0 Å². The first-order valence-electron chi connectivity index (χ1n) is 8.38. The molecule has 0 aliphatic heterocycles. The molecular weight excluding hydrogens is 276 g/mol. The van der Waals surface area contributed by atoms with Gasteiger partial charge in [0.2, 0.25) is 0 Å². The number of nitrogens with one attached hydrogen (secondary N) is 1. The van der Waals surface area contributed by atoms with Gasteiger partial charge in [-0.05, 0) is 24.8 Å². The van der Waals surface area contributed by atoms with Gasteiger partial charge in [0.1, 0.15) is 6.10 Å². The summed E-state index contributed by atoms with van der Waals surface area (Å²) in [5.74, 6) is 0.723. The Morgan fingerprint density at radius 3 is 2.59 bits per heavy atom. The third kappa shape index (κ3) is 5.68. The van der Waals surface area contributed by atoms with E-state index in [0.29, 0.717) is 0 Å². The molecule has 2 atom stereocenters. The van der Waals surface area contributed by atoms with Gasteiger partial charge in [0.05, 0.1) is 0 Å². The van der Waals surface area contributed by atoms with E-state index in [1.807, 2.05) is 25.1 Å². The molecule has 3 N–H and O–H groups in total. The smallest absolute Gasteiger partial charge is 0.404 e. The predicted octanol–water partition coefficient (Wildman–Crippen LogP) is 3.60. The summed E-state index contributed by atoms with van der Waals surface area (Å²) in [5.41, 5.74) is 6.42. The molecule has 0 bridgehead atoms. The standard InChI is InChI=1S/C18H28N2O2/c1-14(22-18(19)21)17(12-15-8-4-2-5-9-15)20-13-16-10-6-3-7-11-16/h3,6-7,10-11,14-15,17,20H,2,4-5,8-9,12-13H2,1H3,(H2,19,21). The van der Waals surface area contributed by atoms with Crippen molar-refractivity contribution in [3.05, 3.63) is 35.9 Å². The first-order valence-corrected chi connectivity index (χ1v) is 8.38. The summed E-state index contributed by atoms with van der Waals surface area (Å²) in [7, 11) is 0. The number of hydrogen-bond acceptors (Lipinski definition) is 3. The van der Waals surface area contributed by atoms with Gasteiger partial charge in [0.25, 0.3) is 0 Å². The third-order valence-electron chi connectivity index (χ3n) is 4.59. The molecule has 122 valence electrons. The molecule has 22 heavy (non-hydrogen) atoms. The van der Waals surface area contributed by atoms with Gasteiger partial charge in [-0.15, -0.1) is 0 Å². The van der Waals surface area contributed by atoms with E-state index in [9.17, 15) is 4.79 Å². The second-order valence-electron chi connectivity index (χ2n) is 6.35. The zero-order valence-corrected chi connectivity index (χ0v) is 13.5. The Morgan fingerprint density at radius 1 is 1.27 bits per heavy atom. The van der Waals surface area contributed by atoms with Crippen molar-refractivity contribution in [1.29, 1.82) is 0 Å². The van der Waals surface area contributed by atoms with Gasteiger partial charge in [-0.3, -0.25) is 0 Å². The number of nitrogens with two attached hydrogens (primary N) is 1. The normalized spacial score (nSPS) is 18.6. The highest BCUT2D eigenvalue weighted by molar-refractivity contribution is 5.64. The van der Waals surface area contributed by atoms with Crippen molar-refractivity contribution < 1.29 is 9.53 Å². The molecular formula is C18H28N2O2. The number of primary amides is 1. The van der Waals surface area contributed by atoms with Gasteiger partial charge in [0, 0.05) is 12.6 Å². The SMILES string of the molecule is CC(OC(N)=O)C(CC1CCCCC1)NCc1ccccc1. The minimum atomic E-state index is -0.692. The van der Waals surface area contributed by atoms with Crippen LogP contribution < -0.4 is 11.1 Å². The number of amides is 1. The quantitative estimate of drug-likeness (QED) is 0.809. The molecule has 0 spiro atoms. The maximum absolute atomic E-state index is 11.1. The molecule has 0 aromatic heterocycles. The average molecular weight is 304 g/mol. The molecule has 1 fully saturated rings. The first-order chi connectivity index (χ1) is 10.6. The molecule has 1 aliphatic carbocycles. The molecule has 0 heterocycles. The molecule has 1 aliphatic rings. The summed E-state index contributed by atoms with van der Waals surface area (Å²) >= 11 is 0. The van der Waals surface area contributed by atoms with Crippen molar-refractivity contribution in [3.63, 3.8) is 0 Å². The number of rotatable bonds is 7. The zero-order valence-electron chi connectivity index (χ0n) is 13.5. The van der Waals surface area contributed by atoms with Crippen LogP contribution in [-0.4, -0.2) is 18.2 Å². The monoisotopic (exact) mass is 304 g/mol. The van der Waals surface area contributed by atoms with E-state index in [1.165, 1.54) is 37.7 Å². The minimum Gasteiger partial charge on any atom is -0.445 e. The van der Waals surface area contributed by atoms with Crippen LogP contribution in [0.25, 0.3) is 0 Å². The van der Waals surface area contributed by atoms with Gasteiger partial charge >= 0.3 is 6.09 Å². The Balaban J connectivity index is 1.92. The molecule has 2 unspecified atom stereocenters. The Morgan fingerprint density at radius 2 is 1.95 bits per heavy atom. The Hall–Kier alpha value is -1.55. The lowest BCUT2D eigenvalue weighted by atomic mass is 9.84. The second-order valence-corrected chi connectivity index (χ2v) is 6.35. The van der Waals surface area contributed by atoms with Crippen molar-refractivity contribution in [2.24, 2.45) is 11.7 Å². The lowest BCUT2D eigenvalue weighted by Crippen LogP contribution is -2.42. The molecule has 4 heteroatoms. The molecule has 4 nitrogen and oxygen atoms in total. The Kier molecular flexibility index (Phi) is 6.72. The highest BCUT2D eigenvalue weighted by atomic mass is 16.6. The fraction of sp³-hybridized carbons (Fsp3) is 0.611. The summed E-state index contributed by atoms with van der Waals surface area (Å²) in [6.45, 7) is 2.71. The van der Waals surface area contributed by atoms with Gasteiger partial charge in [-0.25, -0.2) is 4.79 Å². The second kappa shape index (κ2) is 8.79. The van der Waals surface area contributed by atoms with Crippen molar-refractivity contribution in [2.45, 2.75) is 64.1 Å². The molecule has 1 saturated carbocycles. The summed E-state index contributed by atoms with van der Waals surface area (Å²) in [5, 5.41) is 3.56. The van der Waals surface area contributed by atoms with Crippen LogP contribution in [0.2, 0.25) is 0 Å². The van der Waals surface area contributed by atoms with Crippen LogP contribution in [0.1, 0.15) is 51.0 Å². The molecule has 1 aromatic carbocycles. The lowest BCUT2D eigenvalue weighted by Gasteiger charge is -2.30. The topological polar surface area (TPSA) is 64.3 Å². The molecule has 0 saturated heterocycles. The van der Waals surface area contributed by atoms with E-state index >= 15 is 0 Å². The fourth-order valence-corrected chi connectivity index (χ4v) is 3.33. The van der Waals surface area contributed by atoms with Gasteiger partial charge in [-0.2, -0.15) is 0 Å². The predicted molar refractivity (Wildman–Crippen MR) is 88.4 cm³/mol. The lowest BCUT2D eigenvalue weighted by molar-refractivity contribution is 0.0814. The largest absolute Gasteiger partial charge is 0.445 e. The minimum absolute atomic E-state index is 0.149. The third-order valence-corrected chi connectivity index (χ3v) is 4.59. The van der Waals surface area contributed by atoms with Crippen LogP contribution >= 0.6 is 0 Å². The maximum Gasteiger partial charge on any atom is 0.404 e. The number of carbonyl (C=O) groups excluding carboxylic acids is 1. The van der Waals surface area contributed by atoms with E-state index in [-0.39, 0.29) is 12.1 Å².